The molecule has 3 heteroatoms. The van der Waals surface area contributed by atoms with E-state index in [9.17, 15) is 4.79 Å². The molecule has 0 spiro atoms. The van der Waals surface area contributed by atoms with Gasteiger partial charge in [0.05, 0.1) is 5.02 Å². The summed E-state index contributed by atoms with van der Waals surface area (Å²) in [6.45, 7) is 1.80. The molecule has 1 aromatic heterocycles. The third-order valence-electron chi connectivity index (χ3n) is 1.50. The molecule has 1 atom stereocenters. The van der Waals surface area contributed by atoms with Crippen LogP contribution in [0.25, 0.3) is 0 Å². The summed E-state index contributed by atoms with van der Waals surface area (Å²) in [5, 5.41) is 0.548. The maximum Gasteiger partial charge on any atom is 0.127 e. The van der Waals surface area contributed by atoms with E-state index in [1.165, 1.54) is 6.20 Å². The van der Waals surface area contributed by atoms with Crippen LogP contribution in [-0.4, -0.2) is 11.3 Å². The fraction of sp³-hybridized carbons (Fsp3) is 0.250. The molecule has 1 rings (SSSR count). The number of halogens is 1. The highest BCUT2D eigenvalue weighted by Gasteiger charge is 2.06. The minimum Gasteiger partial charge on any atom is -0.303 e. The number of nitrogens with zero attached hydrogens (tertiary/aromatic N) is 1. The fourth-order valence-corrected chi connectivity index (χ4v) is 1.12. The van der Waals surface area contributed by atoms with Gasteiger partial charge in [-0.1, -0.05) is 18.5 Å². The van der Waals surface area contributed by atoms with Gasteiger partial charge >= 0.3 is 0 Å². The highest BCUT2D eigenvalue weighted by Crippen LogP contribution is 2.20. The molecule has 0 radical (unpaired) electrons. The van der Waals surface area contributed by atoms with Crippen LogP contribution in [0.2, 0.25) is 5.02 Å². The topological polar surface area (TPSA) is 30.0 Å². The van der Waals surface area contributed by atoms with E-state index in [2.05, 4.69) is 4.98 Å². The van der Waals surface area contributed by atoms with Gasteiger partial charge in [-0.15, -0.1) is 0 Å². The zero-order valence-corrected chi connectivity index (χ0v) is 6.88. The van der Waals surface area contributed by atoms with Crippen LogP contribution in [0.4, 0.5) is 0 Å². The summed E-state index contributed by atoms with van der Waals surface area (Å²) in [5.41, 5.74) is 0.830. The minimum atomic E-state index is -0.148. The van der Waals surface area contributed by atoms with E-state index in [0.717, 1.165) is 11.8 Å². The van der Waals surface area contributed by atoms with Crippen LogP contribution in [0.15, 0.2) is 18.5 Å². The number of hydrogen-bond acceptors (Lipinski definition) is 2. The van der Waals surface area contributed by atoms with Gasteiger partial charge in [0.25, 0.3) is 0 Å². The Morgan fingerprint density at radius 1 is 1.73 bits per heavy atom. The van der Waals surface area contributed by atoms with Crippen molar-refractivity contribution in [1.82, 2.24) is 4.98 Å². The van der Waals surface area contributed by atoms with Crippen molar-refractivity contribution < 1.29 is 4.79 Å². The zero-order valence-electron chi connectivity index (χ0n) is 6.12. The lowest BCUT2D eigenvalue weighted by Gasteiger charge is -2.04. The average molecular weight is 170 g/mol. The van der Waals surface area contributed by atoms with Crippen LogP contribution in [0.1, 0.15) is 18.4 Å². The lowest BCUT2D eigenvalue weighted by atomic mass is 10.1. The van der Waals surface area contributed by atoms with Crippen LogP contribution >= 0.6 is 11.6 Å². The van der Waals surface area contributed by atoms with Gasteiger partial charge in [-0.2, -0.15) is 0 Å². The van der Waals surface area contributed by atoms with Gasteiger partial charge < -0.3 is 4.79 Å². The van der Waals surface area contributed by atoms with Crippen molar-refractivity contribution in [3.8, 4) is 0 Å². The molecule has 0 aromatic carbocycles. The molecule has 0 aliphatic rings. The summed E-state index contributed by atoms with van der Waals surface area (Å²) in [5.74, 6) is -0.148. The van der Waals surface area contributed by atoms with E-state index in [1.54, 1.807) is 19.2 Å². The molecule has 0 aliphatic heterocycles. The van der Waals surface area contributed by atoms with Gasteiger partial charge in [0, 0.05) is 18.3 Å². The van der Waals surface area contributed by atoms with E-state index in [1.807, 2.05) is 0 Å². The van der Waals surface area contributed by atoms with Crippen LogP contribution in [0.3, 0.4) is 0 Å². The molecule has 1 heterocycles. The number of rotatable bonds is 2. The molecular weight excluding hydrogens is 162 g/mol. The number of hydrogen-bond donors (Lipinski definition) is 0. The SMILES string of the molecule is CC(C=O)c1ccncc1Cl. The summed E-state index contributed by atoms with van der Waals surface area (Å²) in [6, 6.07) is 1.75. The Kier molecular flexibility index (Phi) is 2.60. The largest absolute Gasteiger partial charge is 0.303 e. The van der Waals surface area contributed by atoms with E-state index in [0.29, 0.717) is 5.02 Å². The Hall–Kier alpha value is -0.890. The number of aromatic nitrogens is 1. The second-order valence-electron chi connectivity index (χ2n) is 2.32. The Labute approximate surface area is 70.2 Å². The van der Waals surface area contributed by atoms with Crippen LogP contribution in [0, 0.1) is 0 Å². The van der Waals surface area contributed by atoms with E-state index >= 15 is 0 Å². The molecule has 0 fully saturated rings. The number of carbonyl (C=O) groups is 1. The highest BCUT2D eigenvalue weighted by atomic mass is 35.5. The van der Waals surface area contributed by atoms with E-state index < -0.39 is 0 Å². The van der Waals surface area contributed by atoms with Gasteiger partial charge in [-0.25, -0.2) is 0 Å². The Morgan fingerprint density at radius 3 is 3.00 bits per heavy atom. The first-order valence-corrected chi connectivity index (χ1v) is 3.68. The van der Waals surface area contributed by atoms with Gasteiger partial charge in [0.2, 0.25) is 0 Å². The fourth-order valence-electron chi connectivity index (χ4n) is 0.829. The zero-order chi connectivity index (χ0) is 8.27. The smallest absolute Gasteiger partial charge is 0.127 e. The average Bonchev–Trinajstić information content (AvgIpc) is 2.04. The van der Waals surface area contributed by atoms with Crippen LogP contribution in [-0.2, 0) is 4.79 Å². The molecule has 0 amide bonds. The van der Waals surface area contributed by atoms with Gasteiger partial charge in [-0.05, 0) is 11.6 Å². The van der Waals surface area contributed by atoms with Crippen molar-refractivity contribution in [2.24, 2.45) is 0 Å². The third kappa shape index (κ3) is 1.77. The highest BCUT2D eigenvalue weighted by molar-refractivity contribution is 6.31. The molecule has 0 saturated carbocycles. The maximum absolute atomic E-state index is 10.4. The van der Waals surface area contributed by atoms with Crippen molar-refractivity contribution in [3.05, 3.63) is 29.0 Å². The second kappa shape index (κ2) is 3.49. The predicted octanol–water partition coefficient (Wildman–Crippen LogP) is 2.04. The lowest BCUT2D eigenvalue weighted by molar-refractivity contribution is -0.108. The lowest BCUT2D eigenvalue weighted by Crippen LogP contribution is -1.95. The summed E-state index contributed by atoms with van der Waals surface area (Å²) < 4.78 is 0. The summed E-state index contributed by atoms with van der Waals surface area (Å²) in [6.07, 6.45) is 4.03. The minimum absolute atomic E-state index is 0.148. The molecule has 0 saturated heterocycles. The molecule has 11 heavy (non-hydrogen) atoms. The molecule has 0 bridgehead atoms. The molecule has 0 aliphatic carbocycles. The van der Waals surface area contributed by atoms with Crippen molar-refractivity contribution in [2.45, 2.75) is 12.8 Å². The Balaban J connectivity index is 3.02. The monoisotopic (exact) mass is 169 g/mol. The molecule has 1 unspecified atom stereocenters. The number of pyridine rings is 1. The van der Waals surface area contributed by atoms with Crippen molar-refractivity contribution in [1.29, 1.82) is 0 Å². The van der Waals surface area contributed by atoms with Crippen LogP contribution < -0.4 is 0 Å². The van der Waals surface area contributed by atoms with Gasteiger partial charge in [0.15, 0.2) is 0 Å². The molecular formula is C8H8ClNO. The first-order valence-electron chi connectivity index (χ1n) is 3.30. The number of aldehydes is 1. The quantitative estimate of drug-likeness (QED) is 0.635. The Bertz CT molecular complexity index is 262. The predicted molar refractivity (Wildman–Crippen MR) is 43.7 cm³/mol. The van der Waals surface area contributed by atoms with E-state index in [-0.39, 0.29) is 5.92 Å². The van der Waals surface area contributed by atoms with Crippen molar-refractivity contribution in [3.63, 3.8) is 0 Å². The van der Waals surface area contributed by atoms with Crippen molar-refractivity contribution >= 4 is 17.9 Å². The second-order valence-corrected chi connectivity index (χ2v) is 2.73. The van der Waals surface area contributed by atoms with E-state index in [4.69, 9.17) is 11.6 Å². The third-order valence-corrected chi connectivity index (χ3v) is 1.81. The normalized spacial score (nSPS) is 12.5. The first-order chi connectivity index (χ1) is 5.25. The Morgan fingerprint density at radius 2 is 2.45 bits per heavy atom. The summed E-state index contributed by atoms with van der Waals surface area (Å²) in [4.78, 5) is 14.2. The van der Waals surface area contributed by atoms with Gasteiger partial charge in [-0.3, -0.25) is 4.98 Å². The van der Waals surface area contributed by atoms with Gasteiger partial charge in [0.1, 0.15) is 6.29 Å². The first kappa shape index (κ1) is 8.21. The standard InChI is InChI=1S/C8H8ClNO/c1-6(5-11)7-2-3-10-4-8(7)9/h2-6H,1H3. The summed E-state index contributed by atoms with van der Waals surface area (Å²) in [7, 11) is 0. The van der Waals surface area contributed by atoms with Crippen molar-refractivity contribution in [2.75, 3.05) is 0 Å². The van der Waals surface area contributed by atoms with Crippen LogP contribution in [0.5, 0.6) is 0 Å². The molecule has 0 N–H and O–H groups in total. The maximum atomic E-state index is 10.4. The molecule has 2 nitrogen and oxygen atoms in total. The summed E-state index contributed by atoms with van der Waals surface area (Å²) >= 11 is 5.78. The molecule has 58 valence electrons. The number of carbonyl (C=O) groups excluding carboxylic acids is 1. The molecule has 1 aromatic rings.